The molecule has 1 atom stereocenters. The Hall–Kier alpha value is -0.380. The maximum absolute atomic E-state index is 3.57. The van der Waals surface area contributed by atoms with Crippen LogP contribution in [0.4, 0.5) is 0 Å². The van der Waals surface area contributed by atoms with E-state index < -0.39 is 0 Å². The highest BCUT2D eigenvalue weighted by Crippen LogP contribution is 2.33. The van der Waals surface area contributed by atoms with E-state index in [1.165, 1.54) is 22.9 Å². The van der Waals surface area contributed by atoms with Crippen LogP contribution in [0.2, 0.25) is 0 Å². The van der Waals surface area contributed by atoms with Crippen LogP contribution in [0.25, 0.3) is 0 Å². The molecule has 94 valence electrons. The first-order chi connectivity index (χ1) is 8.18. The molecule has 0 amide bonds. The van der Waals surface area contributed by atoms with Crippen molar-refractivity contribution in [1.82, 2.24) is 10.2 Å². The summed E-state index contributed by atoms with van der Waals surface area (Å²) in [7, 11) is 4.38. The lowest BCUT2D eigenvalue weighted by Gasteiger charge is -2.35. The lowest BCUT2D eigenvalue weighted by Crippen LogP contribution is -2.35. The van der Waals surface area contributed by atoms with Crippen molar-refractivity contribution in [2.75, 3.05) is 27.2 Å². The van der Waals surface area contributed by atoms with Gasteiger partial charge in [-0.1, -0.05) is 28.1 Å². The van der Waals surface area contributed by atoms with Gasteiger partial charge in [0.2, 0.25) is 0 Å². The summed E-state index contributed by atoms with van der Waals surface area (Å²) in [5, 5.41) is 3.44. The third-order valence-electron chi connectivity index (χ3n) is 3.58. The quantitative estimate of drug-likeness (QED) is 0.922. The average molecular weight is 297 g/mol. The number of piperidine rings is 1. The molecule has 2 rings (SSSR count). The normalized spacial score (nSPS) is 19.5. The third-order valence-corrected chi connectivity index (χ3v) is 4.07. The van der Waals surface area contributed by atoms with Gasteiger partial charge < -0.3 is 10.2 Å². The van der Waals surface area contributed by atoms with Crippen molar-refractivity contribution in [2.45, 2.75) is 18.9 Å². The Morgan fingerprint density at radius 2 is 2.00 bits per heavy atom. The molecule has 0 aromatic heterocycles. The number of hydrogen-bond acceptors (Lipinski definition) is 2. The van der Waals surface area contributed by atoms with E-state index in [2.05, 4.69) is 64.5 Å². The summed E-state index contributed by atoms with van der Waals surface area (Å²) in [6.07, 6.45) is 2.55. The second-order valence-corrected chi connectivity index (χ2v) is 5.97. The fourth-order valence-corrected chi connectivity index (χ4v) is 3.26. The Morgan fingerprint density at radius 1 is 1.29 bits per heavy atom. The zero-order valence-electron chi connectivity index (χ0n) is 10.6. The van der Waals surface area contributed by atoms with Crippen LogP contribution in [0.15, 0.2) is 28.7 Å². The molecule has 2 nitrogen and oxygen atoms in total. The molecule has 0 aliphatic carbocycles. The van der Waals surface area contributed by atoms with Crippen LogP contribution in [-0.2, 0) is 0 Å². The van der Waals surface area contributed by atoms with Gasteiger partial charge in [-0.15, -0.1) is 0 Å². The Morgan fingerprint density at radius 3 is 2.59 bits per heavy atom. The second-order valence-electron chi connectivity index (χ2n) is 5.05. The number of halogens is 1. The van der Waals surface area contributed by atoms with Crippen LogP contribution < -0.4 is 5.32 Å². The zero-order chi connectivity index (χ0) is 12.3. The molecule has 0 bridgehead atoms. The molecule has 1 aliphatic rings. The molecule has 1 N–H and O–H groups in total. The Labute approximate surface area is 113 Å². The topological polar surface area (TPSA) is 15.3 Å². The highest BCUT2D eigenvalue weighted by molar-refractivity contribution is 9.10. The van der Waals surface area contributed by atoms with Gasteiger partial charge in [0.15, 0.2) is 0 Å². The largest absolute Gasteiger partial charge is 0.317 e. The summed E-state index contributed by atoms with van der Waals surface area (Å²) in [5.41, 5.74) is 1.43. The Kier molecular flexibility index (Phi) is 4.60. The van der Waals surface area contributed by atoms with Crippen LogP contribution in [0.1, 0.15) is 24.4 Å². The molecule has 17 heavy (non-hydrogen) atoms. The molecule has 0 saturated carbocycles. The minimum atomic E-state index is 0.537. The van der Waals surface area contributed by atoms with Gasteiger partial charge in [-0.2, -0.15) is 0 Å². The van der Waals surface area contributed by atoms with Gasteiger partial charge >= 0.3 is 0 Å². The fourth-order valence-electron chi connectivity index (χ4n) is 2.84. The lowest BCUT2D eigenvalue weighted by atomic mass is 9.85. The molecule has 1 saturated heterocycles. The van der Waals surface area contributed by atoms with E-state index in [1.54, 1.807) is 0 Å². The molecule has 1 heterocycles. The average Bonchev–Trinajstić information content (AvgIpc) is 2.30. The van der Waals surface area contributed by atoms with E-state index in [-0.39, 0.29) is 0 Å². The third kappa shape index (κ3) is 3.30. The summed E-state index contributed by atoms with van der Waals surface area (Å²) >= 11 is 3.57. The highest BCUT2D eigenvalue weighted by Gasteiger charge is 2.26. The van der Waals surface area contributed by atoms with Crippen LogP contribution in [0.5, 0.6) is 0 Å². The van der Waals surface area contributed by atoms with Crippen molar-refractivity contribution in [1.29, 1.82) is 0 Å². The van der Waals surface area contributed by atoms with Gasteiger partial charge in [-0.05, 0) is 63.6 Å². The van der Waals surface area contributed by atoms with Crippen LogP contribution >= 0.6 is 15.9 Å². The lowest BCUT2D eigenvalue weighted by molar-refractivity contribution is 0.177. The molecule has 3 heteroatoms. The molecule has 1 aromatic rings. The highest BCUT2D eigenvalue weighted by atomic mass is 79.9. The second kappa shape index (κ2) is 5.98. The van der Waals surface area contributed by atoms with Gasteiger partial charge in [-0.3, -0.25) is 0 Å². The first kappa shape index (κ1) is 13.1. The van der Waals surface area contributed by atoms with Crippen molar-refractivity contribution < 1.29 is 0 Å². The zero-order valence-corrected chi connectivity index (χ0v) is 12.2. The van der Waals surface area contributed by atoms with E-state index in [4.69, 9.17) is 0 Å². The number of hydrogen-bond donors (Lipinski definition) is 1. The van der Waals surface area contributed by atoms with E-state index >= 15 is 0 Å². The van der Waals surface area contributed by atoms with Crippen LogP contribution in [-0.4, -0.2) is 32.1 Å². The van der Waals surface area contributed by atoms with Gasteiger partial charge in [-0.25, -0.2) is 0 Å². The number of nitrogens with one attached hydrogen (secondary N) is 1. The summed E-state index contributed by atoms with van der Waals surface area (Å²) < 4.78 is 1.18. The Balaban J connectivity index is 2.21. The predicted octanol–water partition coefficient (Wildman–Crippen LogP) is 3.05. The van der Waals surface area contributed by atoms with E-state index in [0.29, 0.717) is 6.04 Å². The van der Waals surface area contributed by atoms with Gasteiger partial charge in [0.1, 0.15) is 0 Å². The predicted molar refractivity (Wildman–Crippen MR) is 76.2 cm³/mol. The molecular weight excluding hydrogens is 276 g/mol. The van der Waals surface area contributed by atoms with Gasteiger partial charge in [0, 0.05) is 10.5 Å². The smallest absolute Gasteiger partial charge is 0.0371 e. The summed E-state index contributed by atoms with van der Waals surface area (Å²) in [5.74, 6) is 0.764. The number of rotatable bonds is 3. The van der Waals surface area contributed by atoms with E-state index in [1.807, 2.05) is 0 Å². The Bertz CT molecular complexity index is 359. The van der Waals surface area contributed by atoms with E-state index in [0.717, 1.165) is 19.0 Å². The maximum atomic E-state index is 3.57. The summed E-state index contributed by atoms with van der Waals surface area (Å²) in [6, 6.07) is 9.27. The minimum Gasteiger partial charge on any atom is -0.317 e. The minimum absolute atomic E-state index is 0.537. The standard InChI is InChI=1S/C14H21BrN2/c1-17(2)14(11-6-8-16-9-7-11)12-4-3-5-13(15)10-12/h3-5,10-11,14,16H,6-9H2,1-2H3. The van der Waals surface area contributed by atoms with Crippen molar-refractivity contribution in [3.05, 3.63) is 34.3 Å². The molecule has 1 fully saturated rings. The molecule has 1 unspecified atom stereocenters. The SMILES string of the molecule is CN(C)C(c1cccc(Br)c1)C1CCNCC1. The monoisotopic (exact) mass is 296 g/mol. The molecular formula is C14H21BrN2. The van der Waals surface area contributed by atoms with Gasteiger partial charge in [0.25, 0.3) is 0 Å². The van der Waals surface area contributed by atoms with Gasteiger partial charge in [0.05, 0.1) is 0 Å². The maximum Gasteiger partial charge on any atom is 0.0371 e. The van der Waals surface area contributed by atoms with Crippen LogP contribution in [0.3, 0.4) is 0 Å². The first-order valence-corrected chi connectivity index (χ1v) is 7.10. The van der Waals surface area contributed by atoms with Crippen molar-refractivity contribution in [3.8, 4) is 0 Å². The van der Waals surface area contributed by atoms with Crippen molar-refractivity contribution >= 4 is 15.9 Å². The number of nitrogens with zero attached hydrogens (tertiary/aromatic N) is 1. The molecule has 1 aliphatic heterocycles. The fraction of sp³-hybridized carbons (Fsp3) is 0.571. The van der Waals surface area contributed by atoms with Crippen molar-refractivity contribution in [3.63, 3.8) is 0 Å². The molecule has 0 spiro atoms. The summed E-state index contributed by atoms with van der Waals surface area (Å²) in [6.45, 7) is 2.31. The first-order valence-electron chi connectivity index (χ1n) is 6.31. The summed E-state index contributed by atoms with van der Waals surface area (Å²) in [4.78, 5) is 2.36. The number of benzene rings is 1. The van der Waals surface area contributed by atoms with Crippen LogP contribution in [0, 0.1) is 5.92 Å². The molecule has 0 radical (unpaired) electrons. The van der Waals surface area contributed by atoms with Crippen molar-refractivity contribution in [2.24, 2.45) is 5.92 Å². The van der Waals surface area contributed by atoms with E-state index in [9.17, 15) is 0 Å². The molecule has 1 aromatic carbocycles.